The Morgan fingerprint density at radius 2 is 2.00 bits per heavy atom. The third kappa shape index (κ3) is 1.82. The van der Waals surface area contributed by atoms with E-state index in [2.05, 4.69) is 0 Å². The van der Waals surface area contributed by atoms with Crippen LogP contribution in [0.15, 0.2) is 23.0 Å². The fourth-order valence-corrected chi connectivity index (χ4v) is 1.53. The molecule has 2 rings (SSSR count). The lowest BCUT2D eigenvalue weighted by Gasteiger charge is -2.32. The summed E-state index contributed by atoms with van der Waals surface area (Å²) in [6.45, 7) is 0.819. The number of furan rings is 1. The first-order chi connectivity index (χ1) is 6.17. The highest BCUT2D eigenvalue weighted by Crippen LogP contribution is 2.30. The molecule has 0 aromatic carbocycles. The van der Waals surface area contributed by atoms with Crippen molar-refractivity contribution in [1.82, 2.24) is 0 Å². The first kappa shape index (κ1) is 8.53. The molecule has 0 bridgehead atoms. The molecule has 13 heavy (non-hydrogen) atoms. The molecule has 0 radical (unpaired) electrons. The highest BCUT2D eigenvalue weighted by atomic mass is 19.3. The number of rotatable bonds is 1. The van der Waals surface area contributed by atoms with Crippen molar-refractivity contribution in [1.29, 1.82) is 0 Å². The zero-order chi connectivity index (χ0) is 9.31. The third-order valence-electron chi connectivity index (χ3n) is 2.37. The van der Waals surface area contributed by atoms with Crippen LogP contribution in [0.25, 0.3) is 0 Å². The lowest BCUT2D eigenvalue weighted by atomic mass is 10.1. The Morgan fingerprint density at radius 1 is 1.31 bits per heavy atom. The van der Waals surface area contributed by atoms with E-state index >= 15 is 0 Å². The smallest absolute Gasteiger partial charge is 0.251 e. The third-order valence-corrected chi connectivity index (χ3v) is 2.37. The van der Waals surface area contributed by atoms with Gasteiger partial charge in [-0.3, -0.25) is 0 Å². The molecule has 1 aliphatic rings. The van der Waals surface area contributed by atoms with Gasteiger partial charge in [-0.1, -0.05) is 0 Å². The van der Waals surface area contributed by atoms with E-state index in [-0.39, 0.29) is 12.8 Å². The lowest BCUT2D eigenvalue weighted by Crippen LogP contribution is -2.39. The average Bonchev–Trinajstić information content (AvgIpc) is 2.56. The van der Waals surface area contributed by atoms with Crippen LogP contribution in [-0.2, 0) is 0 Å². The molecule has 0 atom stereocenters. The van der Waals surface area contributed by atoms with E-state index in [4.69, 9.17) is 4.42 Å². The molecule has 1 aliphatic heterocycles. The molecule has 1 aromatic rings. The predicted molar refractivity (Wildman–Crippen MR) is 45.1 cm³/mol. The van der Waals surface area contributed by atoms with Gasteiger partial charge in [0.25, 0.3) is 5.92 Å². The number of piperidine rings is 1. The molecule has 1 saturated heterocycles. The minimum Gasteiger partial charge on any atom is -0.470 e. The van der Waals surface area contributed by atoms with Gasteiger partial charge >= 0.3 is 0 Å². The maximum atomic E-state index is 12.8. The summed E-state index contributed by atoms with van der Waals surface area (Å²) in [4.78, 5) is 1.92. The monoisotopic (exact) mass is 187 g/mol. The van der Waals surface area contributed by atoms with Gasteiger partial charge in [-0.15, -0.1) is 0 Å². The summed E-state index contributed by atoms with van der Waals surface area (Å²) in [5.74, 6) is -2.47. The first-order valence-electron chi connectivity index (χ1n) is 4.32. The molecular formula is C9H11F2NO. The van der Waals surface area contributed by atoms with Crippen LogP contribution in [0.2, 0.25) is 0 Å². The summed E-state index contributed by atoms with van der Waals surface area (Å²) in [7, 11) is 0. The van der Waals surface area contributed by atoms with Crippen LogP contribution in [0.1, 0.15) is 12.8 Å². The second kappa shape index (κ2) is 3.01. The number of nitrogens with zero attached hydrogens (tertiary/aromatic N) is 1. The summed E-state index contributed by atoms with van der Waals surface area (Å²) < 4.78 is 30.4. The van der Waals surface area contributed by atoms with E-state index in [1.165, 1.54) is 0 Å². The number of hydrogen-bond acceptors (Lipinski definition) is 2. The molecule has 0 aliphatic carbocycles. The van der Waals surface area contributed by atoms with Gasteiger partial charge in [-0.2, -0.15) is 0 Å². The van der Waals surface area contributed by atoms with Crippen molar-refractivity contribution in [3.05, 3.63) is 18.6 Å². The molecule has 2 nitrogen and oxygen atoms in total. The van der Waals surface area contributed by atoms with E-state index in [1.54, 1.807) is 18.6 Å². The zero-order valence-electron chi connectivity index (χ0n) is 7.17. The van der Waals surface area contributed by atoms with Crippen LogP contribution in [0, 0.1) is 0 Å². The van der Waals surface area contributed by atoms with Crippen molar-refractivity contribution in [3.8, 4) is 0 Å². The molecule has 72 valence electrons. The van der Waals surface area contributed by atoms with Crippen molar-refractivity contribution < 1.29 is 13.2 Å². The summed E-state index contributed by atoms with van der Waals surface area (Å²) in [5, 5.41) is 0. The highest BCUT2D eigenvalue weighted by Gasteiger charge is 2.34. The largest absolute Gasteiger partial charge is 0.470 e. The van der Waals surface area contributed by atoms with Crippen LogP contribution >= 0.6 is 0 Å². The molecule has 0 spiro atoms. The van der Waals surface area contributed by atoms with Crippen molar-refractivity contribution in [2.24, 2.45) is 0 Å². The Balaban J connectivity index is 1.99. The molecule has 1 aromatic heterocycles. The summed E-state index contributed by atoms with van der Waals surface area (Å²) in [6.07, 6.45) is 3.03. The van der Waals surface area contributed by atoms with Gasteiger partial charge in [0.05, 0.1) is 12.0 Å². The number of anilines is 1. The molecule has 0 saturated carbocycles. The van der Waals surface area contributed by atoms with Gasteiger partial charge in [-0.05, 0) is 6.07 Å². The molecule has 0 amide bonds. The zero-order valence-corrected chi connectivity index (χ0v) is 7.17. The van der Waals surface area contributed by atoms with Crippen LogP contribution < -0.4 is 4.90 Å². The van der Waals surface area contributed by atoms with Crippen LogP contribution in [0.3, 0.4) is 0 Å². The Hall–Kier alpha value is -1.06. The molecular weight excluding hydrogens is 176 g/mol. The minimum absolute atomic E-state index is 0.0574. The maximum Gasteiger partial charge on any atom is 0.251 e. The van der Waals surface area contributed by atoms with E-state index in [0.29, 0.717) is 13.1 Å². The molecule has 2 heterocycles. The van der Waals surface area contributed by atoms with E-state index in [9.17, 15) is 8.78 Å². The van der Waals surface area contributed by atoms with E-state index in [1.807, 2.05) is 4.90 Å². The highest BCUT2D eigenvalue weighted by molar-refractivity contribution is 5.43. The van der Waals surface area contributed by atoms with Gasteiger partial charge < -0.3 is 9.32 Å². The van der Waals surface area contributed by atoms with Crippen molar-refractivity contribution >= 4 is 5.69 Å². The SMILES string of the molecule is FC1(F)CCN(c2ccoc2)CC1. The van der Waals surface area contributed by atoms with Crippen molar-refractivity contribution in [2.45, 2.75) is 18.8 Å². The number of hydrogen-bond donors (Lipinski definition) is 0. The lowest BCUT2D eigenvalue weighted by molar-refractivity contribution is -0.0220. The van der Waals surface area contributed by atoms with Crippen molar-refractivity contribution in [2.75, 3.05) is 18.0 Å². The van der Waals surface area contributed by atoms with Gasteiger partial charge in [0.1, 0.15) is 6.26 Å². The summed E-state index contributed by atoms with van der Waals surface area (Å²) in [5.41, 5.74) is 0.899. The average molecular weight is 187 g/mol. The molecule has 0 unspecified atom stereocenters. The summed E-state index contributed by atoms with van der Waals surface area (Å²) in [6, 6.07) is 1.80. The quantitative estimate of drug-likeness (QED) is 0.671. The van der Waals surface area contributed by atoms with Gasteiger partial charge in [0.15, 0.2) is 0 Å². The second-order valence-corrected chi connectivity index (χ2v) is 3.32. The van der Waals surface area contributed by atoms with Crippen molar-refractivity contribution in [3.63, 3.8) is 0 Å². The molecule has 1 fully saturated rings. The Kier molecular flexibility index (Phi) is 1.98. The Morgan fingerprint density at radius 3 is 2.54 bits per heavy atom. The normalized spacial score (nSPS) is 21.8. The molecule has 0 N–H and O–H groups in total. The Labute approximate surface area is 75.1 Å². The van der Waals surface area contributed by atoms with Gasteiger partial charge in [0.2, 0.25) is 0 Å². The Bertz CT molecular complexity index is 261. The van der Waals surface area contributed by atoms with Gasteiger partial charge in [-0.25, -0.2) is 8.78 Å². The topological polar surface area (TPSA) is 16.4 Å². The number of halogens is 2. The van der Waals surface area contributed by atoms with Gasteiger partial charge in [0, 0.05) is 25.9 Å². The predicted octanol–water partition coefficient (Wildman–Crippen LogP) is 2.52. The number of alkyl halides is 2. The van der Waals surface area contributed by atoms with Crippen LogP contribution in [0.5, 0.6) is 0 Å². The minimum atomic E-state index is -2.47. The fourth-order valence-electron chi connectivity index (χ4n) is 1.53. The van der Waals surface area contributed by atoms with Crippen LogP contribution in [-0.4, -0.2) is 19.0 Å². The van der Waals surface area contributed by atoms with E-state index < -0.39 is 5.92 Å². The van der Waals surface area contributed by atoms with Crippen LogP contribution in [0.4, 0.5) is 14.5 Å². The standard InChI is InChI=1S/C9H11F2NO/c10-9(11)2-4-12(5-3-9)8-1-6-13-7-8/h1,6-7H,2-5H2. The second-order valence-electron chi connectivity index (χ2n) is 3.32. The molecule has 4 heteroatoms. The fraction of sp³-hybridized carbons (Fsp3) is 0.556. The van der Waals surface area contributed by atoms with E-state index in [0.717, 1.165) is 5.69 Å². The summed E-state index contributed by atoms with van der Waals surface area (Å²) >= 11 is 0. The first-order valence-corrected chi connectivity index (χ1v) is 4.32. The maximum absolute atomic E-state index is 12.8.